The second-order valence-corrected chi connectivity index (χ2v) is 7.89. The van der Waals surface area contributed by atoms with Gasteiger partial charge in [-0.2, -0.15) is 5.10 Å². The molecule has 0 spiro atoms. The number of benzene rings is 1. The Bertz CT molecular complexity index is 1180. The molecule has 0 radical (unpaired) electrons. The quantitative estimate of drug-likeness (QED) is 0.760. The van der Waals surface area contributed by atoms with E-state index in [2.05, 4.69) is 46.3 Å². The number of nitrogens with one attached hydrogen (secondary N) is 1. The largest absolute Gasteiger partial charge is 0.378 e. The average molecular weight is 372 g/mol. The molecule has 0 atom stereocenters. The summed E-state index contributed by atoms with van der Waals surface area (Å²) in [7, 11) is 4.08. The maximum Gasteiger partial charge on any atom is 0.253 e. The molecule has 3 aromatic rings. The number of aromatic nitrogens is 3. The molecule has 142 valence electrons. The van der Waals surface area contributed by atoms with Crippen molar-refractivity contribution in [3.8, 4) is 0 Å². The van der Waals surface area contributed by atoms with Crippen LogP contribution in [0.3, 0.4) is 0 Å². The molecule has 2 heterocycles. The van der Waals surface area contributed by atoms with Crippen molar-refractivity contribution in [2.75, 3.05) is 19.0 Å². The van der Waals surface area contributed by atoms with Crippen molar-refractivity contribution in [2.45, 2.75) is 32.2 Å². The molecule has 2 aliphatic carbocycles. The highest BCUT2D eigenvalue weighted by Gasteiger charge is 2.24. The van der Waals surface area contributed by atoms with Crippen molar-refractivity contribution in [2.24, 2.45) is 0 Å². The molecule has 2 aromatic heterocycles. The van der Waals surface area contributed by atoms with Gasteiger partial charge in [0.25, 0.3) is 5.56 Å². The van der Waals surface area contributed by atoms with Crippen molar-refractivity contribution in [3.05, 3.63) is 75.2 Å². The molecule has 0 saturated heterocycles. The van der Waals surface area contributed by atoms with E-state index in [1.165, 1.54) is 16.8 Å². The summed E-state index contributed by atoms with van der Waals surface area (Å²) in [5.41, 5.74) is 7.53. The van der Waals surface area contributed by atoms with E-state index < -0.39 is 0 Å². The van der Waals surface area contributed by atoms with Crippen LogP contribution in [0.5, 0.6) is 0 Å². The molecule has 0 aliphatic heterocycles. The minimum Gasteiger partial charge on any atom is -0.378 e. The highest BCUT2D eigenvalue weighted by Crippen LogP contribution is 2.33. The summed E-state index contributed by atoms with van der Waals surface area (Å²) in [5.74, 6) is 0. The summed E-state index contributed by atoms with van der Waals surface area (Å²) in [4.78, 5) is 18.0. The molecule has 0 amide bonds. The Balaban J connectivity index is 1.65. The highest BCUT2D eigenvalue weighted by molar-refractivity contribution is 5.96. The van der Waals surface area contributed by atoms with Crippen LogP contribution in [0.1, 0.15) is 35.2 Å². The van der Waals surface area contributed by atoms with Crippen LogP contribution in [0.25, 0.3) is 16.6 Å². The van der Waals surface area contributed by atoms with Gasteiger partial charge in [0, 0.05) is 36.3 Å². The lowest BCUT2D eigenvalue weighted by Crippen LogP contribution is -2.20. The maximum absolute atomic E-state index is 12.7. The molecule has 0 fully saturated rings. The van der Waals surface area contributed by atoms with Crippen LogP contribution >= 0.6 is 0 Å². The van der Waals surface area contributed by atoms with Gasteiger partial charge in [0.15, 0.2) is 0 Å². The number of rotatable bonds is 4. The molecule has 5 rings (SSSR count). The number of fused-ring (bicyclic) bond motifs is 3. The van der Waals surface area contributed by atoms with Gasteiger partial charge >= 0.3 is 0 Å². The number of allylic oxidation sites excluding steroid dienone is 4. The van der Waals surface area contributed by atoms with Gasteiger partial charge in [-0.15, -0.1) is 0 Å². The number of H-pyrrole nitrogens is 1. The SMILES string of the molecule is CN(C)c1ccc(Cn2nc(C3=CC=C3)c3c4c(c(=O)[nH]c32)CCCC4)cc1. The lowest BCUT2D eigenvalue weighted by atomic mass is 9.89. The van der Waals surface area contributed by atoms with E-state index in [4.69, 9.17) is 5.10 Å². The van der Waals surface area contributed by atoms with E-state index in [-0.39, 0.29) is 5.56 Å². The van der Waals surface area contributed by atoms with Gasteiger partial charge in [-0.05, 0) is 48.9 Å². The third-order valence-corrected chi connectivity index (χ3v) is 5.84. The minimum absolute atomic E-state index is 0.0518. The average Bonchev–Trinajstić information content (AvgIpc) is 2.99. The second-order valence-electron chi connectivity index (χ2n) is 7.89. The Morgan fingerprint density at radius 1 is 1.11 bits per heavy atom. The van der Waals surface area contributed by atoms with Crippen LogP contribution in [-0.4, -0.2) is 28.9 Å². The number of anilines is 1. The predicted molar refractivity (Wildman–Crippen MR) is 114 cm³/mol. The van der Waals surface area contributed by atoms with Crippen molar-refractivity contribution < 1.29 is 0 Å². The first kappa shape index (κ1) is 17.0. The Morgan fingerprint density at radius 2 is 1.82 bits per heavy atom. The second kappa shape index (κ2) is 6.51. The van der Waals surface area contributed by atoms with Crippen LogP contribution in [0, 0.1) is 0 Å². The summed E-state index contributed by atoms with van der Waals surface area (Å²) < 4.78 is 1.96. The highest BCUT2D eigenvalue weighted by atomic mass is 16.1. The molecule has 0 bridgehead atoms. The van der Waals surface area contributed by atoms with Crippen LogP contribution < -0.4 is 10.5 Å². The Morgan fingerprint density at radius 3 is 2.46 bits per heavy atom. The van der Waals surface area contributed by atoms with Gasteiger partial charge in [-0.3, -0.25) is 4.79 Å². The monoisotopic (exact) mass is 372 g/mol. The van der Waals surface area contributed by atoms with Gasteiger partial charge in [-0.25, -0.2) is 4.68 Å². The zero-order chi connectivity index (χ0) is 19.3. The Labute approximate surface area is 164 Å². The number of hydrogen-bond acceptors (Lipinski definition) is 3. The molecule has 1 aromatic carbocycles. The van der Waals surface area contributed by atoms with E-state index >= 15 is 0 Å². The van der Waals surface area contributed by atoms with Crippen molar-refractivity contribution in [3.63, 3.8) is 0 Å². The van der Waals surface area contributed by atoms with E-state index in [0.717, 1.165) is 53.5 Å². The first-order chi connectivity index (χ1) is 13.6. The lowest BCUT2D eigenvalue weighted by molar-refractivity contribution is 0.678. The molecular weight excluding hydrogens is 348 g/mol. The van der Waals surface area contributed by atoms with E-state index in [9.17, 15) is 4.79 Å². The normalized spacial score (nSPS) is 15.3. The fourth-order valence-electron chi connectivity index (χ4n) is 4.23. The molecule has 1 N–H and O–H groups in total. The number of nitrogens with zero attached hydrogens (tertiary/aromatic N) is 3. The molecular formula is C23H24N4O. The maximum atomic E-state index is 12.7. The third kappa shape index (κ3) is 2.70. The molecule has 0 unspecified atom stereocenters. The Kier molecular flexibility index (Phi) is 3.97. The standard InChI is InChI=1S/C23H24N4O/c1-26(2)17-12-10-15(11-13-17)14-27-22-20(21(25-27)16-6-5-7-16)18-8-3-4-9-19(18)23(28)24-22/h5-7,10-13H,3-4,8-9,14H2,1-2H3,(H,24,28). The number of aromatic amines is 1. The Hall–Kier alpha value is -3.08. The zero-order valence-electron chi connectivity index (χ0n) is 16.3. The summed E-state index contributed by atoms with van der Waals surface area (Å²) in [6.07, 6.45) is 10.3. The molecule has 28 heavy (non-hydrogen) atoms. The topological polar surface area (TPSA) is 53.9 Å². The molecule has 5 nitrogen and oxygen atoms in total. The van der Waals surface area contributed by atoms with E-state index in [1.54, 1.807) is 0 Å². The summed E-state index contributed by atoms with van der Waals surface area (Å²) in [6, 6.07) is 8.48. The number of hydrogen-bond donors (Lipinski definition) is 1. The third-order valence-electron chi connectivity index (χ3n) is 5.84. The molecule has 2 aliphatic rings. The molecule has 5 heteroatoms. The fourth-order valence-corrected chi connectivity index (χ4v) is 4.23. The van der Waals surface area contributed by atoms with Gasteiger partial charge < -0.3 is 9.88 Å². The number of aryl methyl sites for hydroxylation is 1. The van der Waals surface area contributed by atoms with Gasteiger partial charge in [0.2, 0.25) is 0 Å². The van der Waals surface area contributed by atoms with E-state index in [1.807, 2.05) is 24.9 Å². The smallest absolute Gasteiger partial charge is 0.253 e. The van der Waals surface area contributed by atoms with Gasteiger partial charge in [0.05, 0.1) is 6.54 Å². The predicted octanol–water partition coefficient (Wildman–Crippen LogP) is 3.67. The first-order valence-corrected chi connectivity index (χ1v) is 9.91. The first-order valence-electron chi connectivity index (χ1n) is 9.91. The van der Waals surface area contributed by atoms with Crippen LogP contribution in [-0.2, 0) is 19.4 Å². The zero-order valence-corrected chi connectivity index (χ0v) is 16.3. The van der Waals surface area contributed by atoms with Crippen LogP contribution in [0.15, 0.2) is 47.3 Å². The van der Waals surface area contributed by atoms with E-state index in [0.29, 0.717) is 6.54 Å². The van der Waals surface area contributed by atoms with Crippen molar-refractivity contribution in [1.29, 1.82) is 0 Å². The minimum atomic E-state index is 0.0518. The fraction of sp³-hybridized carbons (Fsp3) is 0.304. The van der Waals surface area contributed by atoms with Crippen molar-refractivity contribution >= 4 is 22.3 Å². The summed E-state index contributed by atoms with van der Waals surface area (Å²) in [6.45, 7) is 0.635. The van der Waals surface area contributed by atoms with Crippen LogP contribution in [0.4, 0.5) is 5.69 Å². The lowest BCUT2D eigenvalue weighted by Gasteiger charge is -2.16. The van der Waals surface area contributed by atoms with Gasteiger partial charge in [-0.1, -0.05) is 30.4 Å². The van der Waals surface area contributed by atoms with Crippen LogP contribution in [0.2, 0.25) is 0 Å². The van der Waals surface area contributed by atoms with Gasteiger partial charge in [0.1, 0.15) is 11.3 Å². The molecule has 0 saturated carbocycles. The van der Waals surface area contributed by atoms with Crippen molar-refractivity contribution in [1.82, 2.24) is 14.8 Å². The summed E-state index contributed by atoms with van der Waals surface area (Å²) in [5, 5.41) is 6.06. The number of pyridine rings is 1. The summed E-state index contributed by atoms with van der Waals surface area (Å²) >= 11 is 0.